The largest absolute Gasteiger partial charge is 0.340 e. The van der Waals surface area contributed by atoms with Crippen molar-refractivity contribution in [2.75, 3.05) is 10.6 Å². The average molecular weight is 396 g/mol. The molecule has 2 N–H and O–H groups in total. The number of benzene rings is 2. The van der Waals surface area contributed by atoms with Gasteiger partial charge in [-0.2, -0.15) is 0 Å². The molecule has 2 heterocycles. The van der Waals surface area contributed by atoms with Crippen LogP contribution in [-0.2, 0) is 4.79 Å². The Labute approximate surface area is 172 Å². The number of hydrogen-bond donors (Lipinski definition) is 2. The van der Waals surface area contributed by atoms with Crippen molar-refractivity contribution in [3.05, 3.63) is 84.2 Å². The molecule has 4 aromatic rings. The predicted molar refractivity (Wildman–Crippen MR) is 119 cm³/mol. The minimum atomic E-state index is -0.204. The van der Waals surface area contributed by atoms with Crippen LogP contribution in [0.5, 0.6) is 0 Å². The van der Waals surface area contributed by atoms with Gasteiger partial charge in [0.05, 0.1) is 10.4 Å². The zero-order valence-electron chi connectivity index (χ0n) is 15.3. The fourth-order valence-electron chi connectivity index (χ4n) is 2.74. The topological polar surface area (TPSA) is 66.9 Å². The Kier molecular flexibility index (Phi) is 5.32. The monoisotopic (exact) mass is 396 g/mol. The van der Waals surface area contributed by atoms with Crippen molar-refractivity contribution in [1.82, 2.24) is 9.97 Å². The summed E-state index contributed by atoms with van der Waals surface area (Å²) >= 11 is 1.39. The Morgan fingerprint density at radius 3 is 2.76 bits per heavy atom. The molecule has 1 amide bonds. The van der Waals surface area contributed by atoms with E-state index in [2.05, 4.69) is 26.5 Å². The Balaban J connectivity index is 1.53. The molecular formula is C23H16N4OS. The van der Waals surface area contributed by atoms with E-state index in [1.165, 1.54) is 23.7 Å². The second-order valence-corrected chi connectivity index (χ2v) is 7.17. The molecule has 0 unspecified atom stereocenters. The lowest BCUT2D eigenvalue weighted by Gasteiger charge is -2.06. The number of hydrogen-bond acceptors (Lipinski definition) is 5. The van der Waals surface area contributed by atoms with Crippen LogP contribution < -0.4 is 10.6 Å². The fraction of sp³-hybridized carbons (Fsp3) is 0. The standard InChI is InChI=1S/C23H16N4OS/c1-2-16-9-6-10-18(13-16)26-22-19-14-21(29-23(19)25-15-24-22)27-20(28)12-11-17-7-4-3-5-8-17/h1,3-15H,(H,27,28)(H,24,25,26)/b12-11+. The highest BCUT2D eigenvalue weighted by atomic mass is 32.1. The lowest BCUT2D eigenvalue weighted by atomic mass is 10.2. The molecule has 0 spiro atoms. The molecule has 0 radical (unpaired) electrons. The summed E-state index contributed by atoms with van der Waals surface area (Å²) in [7, 11) is 0. The zero-order chi connectivity index (χ0) is 20.1. The first kappa shape index (κ1) is 18.4. The van der Waals surface area contributed by atoms with Crippen LogP contribution in [0.2, 0.25) is 0 Å². The van der Waals surface area contributed by atoms with Gasteiger partial charge in [0.25, 0.3) is 0 Å². The van der Waals surface area contributed by atoms with Crippen LogP contribution in [0.4, 0.5) is 16.5 Å². The molecule has 0 saturated carbocycles. The van der Waals surface area contributed by atoms with Gasteiger partial charge in [-0.3, -0.25) is 4.79 Å². The number of carbonyl (C=O) groups excluding carboxylic acids is 1. The summed E-state index contributed by atoms with van der Waals surface area (Å²) in [4.78, 5) is 21.7. The van der Waals surface area contributed by atoms with Gasteiger partial charge < -0.3 is 10.6 Å². The van der Waals surface area contributed by atoms with Crippen LogP contribution in [0, 0.1) is 12.3 Å². The predicted octanol–water partition coefficient (Wildman–Crippen LogP) is 5.07. The van der Waals surface area contributed by atoms with Crippen LogP contribution in [0.3, 0.4) is 0 Å². The van der Waals surface area contributed by atoms with Gasteiger partial charge in [-0.25, -0.2) is 9.97 Å². The molecule has 0 atom stereocenters. The van der Waals surface area contributed by atoms with Gasteiger partial charge >= 0.3 is 0 Å². The Morgan fingerprint density at radius 1 is 1.07 bits per heavy atom. The van der Waals surface area contributed by atoms with E-state index in [1.54, 1.807) is 6.08 Å². The summed E-state index contributed by atoms with van der Waals surface area (Å²) in [5, 5.41) is 7.67. The number of nitrogens with one attached hydrogen (secondary N) is 2. The molecule has 0 aliphatic carbocycles. The molecule has 29 heavy (non-hydrogen) atoms. The van der Waals surface area contributed by atoms with Gasteiger partial charge in [-0.15, -0.1) is 6.42 Å². The number of fused-ring (bicyclic) bond motifs is 1. The van der Waals surface area contributed by atoms with Gasteiger partial charge in [0, 0.05) is 17.3 Å². The molecule has 6 heteroatoms. The maximum absolute atomic E-state index is 12.2. The van der Waals surface area contributed by atoms with Crippen molar-refractivity contribution in [3.8, 4) is 12.3 Å². The van der Waals surface area contributed by atoms with Gasteiger partial charge in [-0.1, -0.05) is 53.7 Å². The van der Waals surface area contributed by atoms with E-state index in [9.17, 15) is 4.79 Å². The number of terminal acetylenes is 1. The van der Waals surface area contributed by atoms with Crippen molar-refractivity contribution in [2.24, 2.45) is 0 Å². The normalized spacial score (nSPS) is 10.7. The number of thiophene rings is 1. The quantitative estimate of drug-likeness (QED) is 0.365. The zero-order valence-corrected chi connectivity index (χ0v) is 16.1. The lowest BCUT2D eigenvalue weighted by Crippen LogP contribution is -2.05. The Hall–Kier alpha value is -3.95. The highest BCUT2D eigenvalue weighted by molar-refractivity contribution is 7.22. The van der Waals surface area contributed by atoms with Gasteiger partial charge in [0.15, 0.2) is 0 Å². The van der Waals surface area contributed by atoms with Gasteiger partial charge in [0.1, 0.15) is 17.0 Å². The highest BCUT2D eigenvalue weighted by Crippen LogP contribution is 2.33. The molecule has 0 saturated heterocycles. The van der Waals surface area contributed by atoms with Crippen LogP contribution in [0.25, 0.3) is 16.3 Å². The molecule has 2 aromatic carbocycles. The molecule has 0 bridgehead atoms. The minimum absolute atomic E-state index is 0.204. The van der Waals surface area contributed by atoms with Gasteiger partial charge in [0.2, 0.25) is 5.91 Å². The van der Waals surface area contributed by atoms with Crippen LogP contribution >= 0.6 is 11.3 Å². The van der Waals surface area contributed by atoms with E-state index in [0.717, 1.165) is 27.0 Å². The van der Waals surface area contributed by atoms with Crippen molar-refractivity contribution < 1.29 is 4.79 Å². The molecule has 2 aromatic heterocycles. The first-order valence-electron chi connectivity index (χ1n) is 8.83. The second kappa shape index (κ2) is 8.38. The van der Waals surface area contributed by atoms with E-state index in [0.29, 0.717) is 10.8 Å². The highest BCUT2D eigenvalue weighted by Gasteiger charge is 2.10. The van der Waals surface area contributed by atoms with Crippen LogP contribution in [-0.4, -0.2) is 15.9 Å². The third-order valence-electron chi connectivity index (χ3n) is 4.09. The second-order valence-electron chi connectivity index (χ2n) is 6.14. The van der Waals surface area contributed by atoms with Crippen molar-refractivity contribution in [2.45, 2.75) is 0 Å². The fourth-order valence-corrected chi connectivity index (χ4v) is 3.64. The molecule has 5 nitrogen and oxygen atoms in total. The first-order valence-corrected chi connectivity index (χ1v) is 9.65. The van der Waals surface area contributed by atoms with Crippen LogP contribution in [0.15, 0.2) is 73.1 Å². The third-order valence-corrected chi connectivity index (χ3v) is 5.05. The van der Waals surface area contributed by atoms with Gasteiger partial charge in [-0.05, 0) is 35.9 Å². The van der Waals surface area contributed by atoms with E-state index >= 15 is 0 Å². The summed E-state index contributed by atoms with van der Waals surface area (Å²) < 4.78 is 0. The number of anilines is 3. The molecular weight excluding hydrogens is 380 g/mol. The van der Waals surface area contributed by atoms with Crippen molar-refractivity contribution in [1.29, 1.82) is 0 Å². The lowest BCUT2D eigenvalue weighted by molar-refractivity contribution is -0.111. The molecule has 0 aliphatic rings. The maximum Gasteiger partial charge on any atom is 0.248 e. The summed E-state index contributed by atoms with van der Waals surface area (Å²) in [6.45, 7) is 0. The van der Waals surface area contributed by atoms with E-state index < -0.39 is 0 Å². The van der Waals surface area contributed by atoms with Crippen molar-refractivity contribution >= 4 is 50.0 Å². The summed E-state index contributed by atoms with van der Waals surface area (Å²) in [5.74, 6) is 3.06. The number of rotatable bonds is 5. The SMILES string of the molecule is C#Cc1cccc(Nc2ncnc3sc(NC(=O)/C=C/c4ccccc4)cc23)c1. The Morgan fingerprint density at radius 2 is 1.93 bits per heavy atom. The smallest absolute Gasteiger partial charge is 0.248 e. The van der Waals surface area contributed by atoms with Crippen LogP contribution in [0.1, 0.15) is 11.1 Å². The minimum Gasteiger partial charge on any atom is -0.340 e. The maximum atomic E-state index is 12.2. The van der Waals surface area contributed by atoms with E-state index in [-0.39, 0.29) is 5.91 Å². The molecule has 0 aliphatic heterocycles. The number of aromatic nitrogens is 2. The Bertz CT molecular complexity index is 1240. The molecule has 4 rings (SSSR count). The number of amides is 1. The summed E-state index contributed by atoms with van der Waals surface area (Å²) in [6.07, 6.45) is 10.2. The number of carbonyl (C=O) groups is 1. The molecule has 140 valence electrons. The average Bonchev–Trinajstić information content (AvgIpc) is 3.16. The molecule has 0 fully saturated rings. The number of nitrogens with zero attached hydrogens (tertiary/aromatic N) is 2. The summed E-state index contributed by atoms with van der Waals surface area (Å²) in [5.41, 5.74) is 2.58. The first-order chi connectivity index (χ1) is 14.2. The third kappa shape index (κ3) is 4.49. The summed E-state index contributed by atoms with van der Waals surface area (Å²) in [6, 6.07) is 19.1. The van der Waals surface area contributed by atoms with E-state index in [4.69, 9.17) is 6.42 Å². The van der Waals surface area contributed by atoms with E-state index in [1.807, 2.05) is 60.7 Å². The van der Waals surface area contributed by atoms with Crippen molar-refractivity contribution in [3.63, 3.8) is 0 Å².